The lowest BCUT2D eigenvalue weighted by molar-refractivity contribution is 0.186. The van der Waals surface area contributed by atoms with E-state index >= 15 is 0 Å². The van der Waals surface area contributed by atoms with Crippen molar-refractivity contribution in [3.05, 3.63) is 36.3 Å². The summed E-state index contributed by atoms with van der Waals surface area (Å²) in [7, 11) is 0. The van der Waals surface area contributed by atoms with Gasteiger partial charge in [0.1, 0.15) is 17.9 Å². The zero-order chi connectivity index (χ0) is 21.3. The van der Waals surface area contributed by atoms with Gasteiger partial charge >= 0.3 is 0 Å². The third-order valence-corrected chi connectivity index (χ3v) is 6.11. The van der Waals surface area contributed by atoms with Crippen LogP contribution in [-0.2, 0) is 17.7 Å². The Morgan fingerprint density at radius 2 is 2.23 bits per heavy atom. The molecule has 0 amide bonds. The van der Waals surface area contributed by atoms with Gasteiger partial charge in [0.25, 0.3) is 0 Å². The van der Waals surface area contributed by atoms with Gasteiger partial charge in [-0.05, 0) is 44.5 Å². The van der Waals surface area contributed by atoms with Gasteiger partial charge < -0.3 is 24.4 Å². The summed E-state index contributed by atoms with van der Waals surface area (Å²) < 4.78 is 13.4. The number of guanidine groups is 1. The van der Waals surface area contributed by atoms with Crippen LogP contribution in [0.4, 0.5) is 0 Å². The number of nitrogens with one attached hydrogen (secondary N) is 2. The van der Waals surface area contributed by atoms with E-state index in [0.717, 1.165) is 76.3 Å². The normalized spacial score (nSPS) is 20.9. The number of furan rings is 1. The molecule has 2 aromatic heterocycles. The van der Waals surface area contributed by atoms with Crippen molar-refractivity contribution in [2.75, 3.05) is 45.9 Å². The van der Waals surface area contributed by atoms with Gasteiger partial charge in [-0.25, -0.2) is 0 Å². The highest BCUT2D eigenvalue weighted by molar-refractivity contribution is 5.79. The van der Waals surface area contributed by atoms with E-state index in [0.29, 0.717) is 12.5 Å². The molecule has 170 valence electrons. The molecule has 0 spiro atoms. The van der Waals surface area contributed by atoms with Gasteiger partial charge in [0.05, 0.1) is 25.5 Å². The molecule has 9 nitrogen and oxygen atoms in total. The van der Waals surface area contributed by atoms with Crippen LogP contribution in [0, 0.1) is 5.92 Å². The molecule has 2 aliphatic rings. The quantitative estimate of drug-likeness (QED) is 0.440. The predicted molar refractivity (Wildman–Crippen MR) is 119 cm³/mol. The maximum absolute atomic E-state index is 5.75. The molecule has 2 aromatic rings. The first-order chi connectivity index (χ1) is 15.3. The molecule has 0 saturated carbocycles. The molecule has 0 aromatic carbocycles. The van der Waals surface area contributed by atoms with Crippen molar-refractivity contribution in [2.24, 2.45) is 10.9 Å². The SMILES string of the molecule is CCc1nncn1CCNC(=NCC(c1ccco1)N1CCCC1)NCC1CCOC1. The van der Waals surface area contributed by atoms with Crippen LogP contribution in [0.5, 0.6) is 0 Å². The van der Waals surface area contributed by atoms with Crippen molar-refractivity contribution in [3.63, 3.8) is 0 Å². The molecule has 2 aliphatic heterocycles. The minimum Gasteiger partial charge on any atom is -0.468 e. The summed E-state index contributed by atoms with van der Waals surface area (Å²) in [6.45, 7) is 9.07. The summed E-state index contributed by atoms with van der Waals surface area (Å²) in [6.07, 6.45) is 8.01. The Hall–Kier alpha value is -2.39. The van der Waals surface area contributed by atoms with E-state index in [1.807, 2.05) is 6.07 Å². The van der Waals surface area contributed by atoms with E-state index in [2.05, 4.69) is 43.3 Å². The van der Waals surface area contributed by atoms with Gasteiger partial charge in [0.2, 0.25) is 0 Å². The largest absolute Gasteiger partial charge is 0.468 e. The van der Waals surface area contributed by atoms with Crippen molar-refractivity contribution in [1.82, 2.24) is 30.3 Å². The summed E-state index contributed by atoms with van der Waals surface area (Å²) in [5.74, 6) is 3.37. The Bertz CT molecular complexity index is 793. The van der Waals surface area contributed by atoms with Gasteiger partial charge in [-0.15, -0.1) is 10.2 Å². The lowest BCUT2D eigenvalue weighted by Crippen LogP contribution is -2.42. The first kappa shape index (κ1) is 21.8. The van der Waals surface area contributed by atoms with Crippen LogP contribution in [-0.4, -0.2) is 71.6 Å². The van der Waals surface area contributed by atoms with Gasteiger partial charge in [-0.1, -0.05) is 6.92 Å². The van der Waals surface area contributed by atoms with Crippen LogP contribution < -0.4 is 10.6 Å². The summed E-state index contributed by atoms with van der Waals surface area (Å²) in [5.41, 5.74) is 0. The van der Waals surface area contributed by atoms with Crippen LogP contribution in [0.2, 0.25) is 0 Å². The number of likely N-dealkylation sites (tertiary alicyclic amines) is 1. The third kappa shape index (κ3) is 6.07. The van der Waals surface area contributed by atoms with Crippen LogP contribution in [0.15, 0.2) is 34.1 Å². The van der Waals surface area contributed by atoms with Crippen LogP contribution in [0.25, 0.3) is 0 Å². The molecule has 9 heteroatoms. The zero-order valence-corrected chi connectivity index (χ0v) is 18.5. The number of hydrogen-bond donors (Lipinski definition) is 2. The molecule has 2 atom stereocenters. The third-order valence-electron chi connectivity index (χ3n) is 6.11. The van der Waals surface area contributed by atoms with Gasteiger partial charge in [0.15, 0.2) is 5.96 Å². The standard InChI is InChI=1S/C22H35N7O2/c1-2-21-27-26-17-29(21)11-8-23-22(24-14-18-7-13-30-16-18)25-15-19(20-6-5-12-31-20)28-9-3-4-10-28/h5-6,12,17-19H,2-4,7-11,13-16H2,1H3,(H2,23,24,25). The van der Waals surface area contributed by atoms with Crippen molar-refractivity contribution >= 4 is 5.96 Å². The van der Waals surface area contributed by atoms with E-state index in [1.54, 1.807) is 12.6 Å². The lowest BCUT2D eigenvalue weighted by atomic mass is 10.1. The lowest BCUT2D eigenvalue weighted by Gasteiger charge is -2.25. The summed E-state index contributed by atoms with van der Waals surface area (Å²) >= 11 is 0. The molecule has 0 aliphatic carbocycles. The maximum atomic E-state index is 5.75. The molecule has 2 fully saturated rings. The molecule has 4 rings (SSSR count). The Kier molecular flexibility index (Phi) is 7.95. The number of aryl methyl sites for hydroxylation is 1. The highest BCUT2D eigenvalue weighted by Crippen LogP contribution is 2.25. The zero-order valence-electron chi connectivity index (χ0n) is 18.5. The van der Waals surface area contributed by atoms with Gasteiger partial charge in [0, 0.05) is 38.6 Å². The van der Waals surface area contributed by atoms with E-state index in [1.165, 1.54) is 12.8 Å². The van der Waals surface area contributed by atoms with Crippen LogP contribution >= 0.6 is 0 Å². The highest BCUT2D eigenvalue weighted by atomic mass is 16.5. The highest BCUT2D eigenvalue weighted by Gasteiger charge is 2.25. The average Bonchev–Trinajstić information content (AvgIpc) is 3.59. The molecule has 2 saturated heterocycles. The Morgan fingerprint density at radius 1 is 1.32 bits per heavy atom. The van der Waals surface area contributed by atoms with Crippen molar-refractivity contribution < 1.29 is 9.15 Å². The summed E-state index contributed by atoms with van der Waals surface area (Å²) in [4.78, 5) is 7.44. The Morgan fingerprint density at radius 3 is 2.97 bits per heavy atom. The number of ether oxygens (including phenoxy) is 1. The number of aromatic nitrogens is 3. The van der Waals surface area contributed by atoms with Crippen molar-refractivity contribution in [1.29, 1.82) is 0 Å². The number of rotatable bonds is 10. The molecule has 0 radical (unpaired) electrons. The summed E-state index contributed by atoms with van der Waals surface area (Å²) in [6, 6.07) is 4.20. The molecule has 0 bridgehead atoms. The van der Waals surface area contributed by atoms with Crippen LogP contribution in [0.1, 0.15) is 43.8 Å². The number of nitrogens with zero attached hydrogens (tertiary/aromatic N) is 5. The first-order valence-corrected chi connectivity index (χ1v) is 11.6. The topological polar surface area (TPSA) is 92.7 Å². The Labute approximate surface area is 184 Å². The molecular weight excluding hydrogens is 394 g/mol. The average molecular weight is 430 g/mol. The monoisotopic (exact) mass is 429 g/mol. The second kappa shape index (κ2) is 11.3. The van der Waals surface area contributed by atoms with Crippen molar-refractivity contribution in [3.8, 4) is 0 Å². The van der Waals surface area contributed by atoms with E-state index in [4.69, 9.17) is 14.1 Å². The van der Waals surface area contributed by atoms with E-state index in [-0.39, 0.29) is 6.04 Å². The minimum atomic E-state index is 0.176. The fourth-order valence-corrected chi connectivity index (χ4v) is 4.29. The predicted octanol–water partition coefficient (Wildman–Crippen LogP) is 1.84. The second-order valence-electron chi connectivity index (χ2n) is 8.29. The smallest absolute Gasteiger partial charge is 0.191 e. The van der Waals surface area contributed by atoms with Gasteiger partial charge in [-0.3, -0.25) is 9.89 Å². The molecule has 2 N–H and O–H groups in total. The first-order valence-electron chi connectivity index (χ1n) is 11.6. The molecule has 31 heavy (non-hydrogen) atoms. The van der Waals surface area contributed by atoms with Gasteiger partial charge in [-0.2, -0.15) is 0 Å². The maximum Gasteiger partial charge on any atom is 0.191 e. The molecular formula is C22H35N7O2. The number of hydrogen-bond acceptors (Lipinski definition) is 6. The van der Waals surface area contributed by atoms with Crippen LogP contribution in [0.3, 0.4) is 0 Å². The summed E-state index contributed by atoms with van der Waals surface area (Å²) in [5, 5.41) is 15.2. The second-order valence-corrected chi connectivity index (χ2v) is 8.29. The molecule has 2 unspecified atom stereocenters. The minimum absolute atomic E-state index is 0.176. The molecule has 4 heterocycles. The van der Waals surface area contributed by atoms with E-state index < -0.39 is 0 Å². The fraction of sp³-hybridized carbons (Fsp3) is 0.682. The van der Waals surface area contributed by atoms with Crippen molar-refractivity contribution in [2.45, 2.75) is 45.2 Å². The van der Waals surface area contributed by atoms with E-state index in [9.17, 15) is 0 Å². The fourth-order valence-electron chi connectivity index (χ4n) is 4.29. The number of aliphatic imine (C=N–C) groups is 1. The Balaban J connectivity index is 1.39.